The van der Waals surface area contributed by atoms with Gasteiger partial charge in [-0.1, -0.05) is 0 Å². The summed E-state index contributed by atoms with van der Waals surface area (Å²) < 4.78 is 11.5. The molecule has 106 valence electrons. The van der Waals surface area contributed by atoms with Crippen LogP contribution < -0.4 is 5.73 Å². The van der Waals surface area contributed by atoms with Gasteiger partial charge >= 0.3 is 0 Å². The zero-order valence-electron chi connectivity index (χ0n) is 11.4. The maximum absolute atomic E-state index is 6.46. The van der Waals surface area contributed by atoms with Crippen molar-refractivity contribution in [3.8, 4) is 0 Å². The topological polar surface area (TPSA) is 57.4 Å². The van der Waals surface area contributed by atoms with Crippen molar-refractivity contribution in [2.45, 2.75) is 44.2 Å². The van der Waals surface area contributed by atoms with E-state index in [4.69, 9.17) is 15.2 Å². The summed E-state index contributed by atoms with van der Waals surface area (Å²) in [7, 11) is 0. The number of ether oxygens (including phenoxy) is 2. The maximum atomic E-state index is 6.46. The van der Waals surface area contributed by atoms with Crippen LogP contribution in [-0.4, -0.2) is 30.4 Å². The predicted octanol–water partition coefficient (Wildman–Crippen LogP) is 2.43. The van der Waals surface area contributed by atoms with Gasteiger partial charge in [0.2, 0.25) is 0 Å². The molecular formula is C14H22N2O2S. The number of rotatable bonds is 2. The first-order chi connectivity index (χ1) is 9.19. The zero-order valence-corrected chi connectivity index (χ0v) is 12.2. The van der Waals surface area contributed by atoms with Crippen LogP contribution in [0.1, 0.15) is 41.6 Å². The molecule has 0 radical (unpaired) electrons. The Morgan fingerprint density at radius 3 is 2.89 bits per heavy atom. The van der Waals surface area contributed by atoms with Crippen molar-refractivity contribution in [1.82, 2.24) is 4.98 Å². The van der Waals surface area contributed by atoms with Crippen molar-refractivity contribution in [3.63, 3.8) is 0 Å². The minimum Gasteiger partial charge on any atom is -0.381 e. The Morgan fingerprint density at radius 2 is 2.21 bits per heavy atom. The average Bonchev–Trinajstić information content (AvgIpc) is 2.85. The van der Waals surface area contributed by atoms with Crippen molar-refractivity contribution < 1.29 is 9.47 Å². The highest BCUT2D eigenvalue weighted by molar-refractivity contribution is 7.11. The molecule has 0 saturated carbocycles. The second-order valence-electron chi connectivity index (χ2n) is 5.70. The quantitative estimate of drug-likeness (QED) is 0.905. The Hall–Kier alpha value is -0.490. The lowest BCUT2D eigenvalue weighted by molar-refractivity contribution is -0.149. The van der Waals surface area contributed by atoms with Crippen LogP contribution in [0.25, 0.3) is 0 Å². The molecule has 0 aromatic carbocycles. The van der Waals surface area contributed by atoms with Gasteiger partial charge in [-0.15, -0.1) is 11.3 Å². The summed E-state index contributed by atoms with van der Waals surface area (Å²) in [5.74, 6) is 0.506. The van der Waals surface area contributed by atoms with E-state index in [0.29, 0.717) is 5.92 Å². The molecule has 4 nitrogen and oxygen atoms in total. The van der Waals surface area contributed by atoms with Crippen molar-refractivity contribution in [3.05, 3.63) is 16.1 Å². The lowest BCUT2D eigenvalue weighted by Crippen LogP contribution is -2.46. The van der Waals surface area contributed by atoms with Gasteiger partial charge in [0.05, 0.1) is 10.6 Å². The fourth-order valence-electron chi connectivity index (χ4n) is 3.23. The zero-order chi connectivity index (χ0) is 13.3. The van der Waals surface area contributed by atoms with Crippen LogP contribution in [0.3, 0.4) is 0 Å². The largest absolute Gasteiger partial charge is 0.381 e. The molecule has 1 spiro atoms. The van der Waals surface area contributed by atoms with Crippen molar-refractivity contribution in [2.24, 2.45) is 11.7 Å². The monoisotopic (exact) mass is 282 g/mol. The number of aromatic nitrogens is 1. The van der Waals surface area contributed by atoms with E-state index in [-0.39, 0.29) is 11.6 Å². The number of hydrogen-bond acceptors (Lipinski definition) is 5. The summed E-state index contributed by atoms with van der Waals surface area (Å²) in [6.07, 6.45) is 6.09. The van der Waals surface area contributed by atoms with Crippen LogP contribution in [0, 0.1) is 12.8 Å². The number of aryl methyl sites for hydroxylation is 1. The third-order valence-corrected chi connectivity index (χ3v) is 5.42. The Morgan fingerprint density at radius 1 is 1.42 bits per heavy atom. The first-order valence-electron chi connectivity index (χ1n) is 7.08. The fourth-order valence-corrected chi connectivity index (χ4v) is 4.11. The van der Waals surface area contributed by atoms with Crippen LogP contribution >= 0.6 is 11.3 Å². The minimum atomic E-state index is 0.0263. The number of thiazole rings is 1. The highest BCUT2D eigenvalue weighted by Crippen LogP contribution is 2.41. The normalized spacial score (nSPS) is 28.4. The van der Waals surface area contributed by atoms with Crippen molar-refractivity contribution in [2.75, 3.05) is 19.8 Å². The molecule has 0 aliphatic carbocycles. The molecule has 2 aliphatic heterocycles. The molecule has 19 heavy (non-hydrogen) atoms. The van der Waals surface area contributed by atoms with Crippen molar-refractivity contribution in [1.29, 1.82) is 0 Å². The number of hydrogen-bond donors (Lipinski definition) is 1. The van der Waals surface area contributed by atoms with E-state index in [1.807, 2.05) is 13.1 Å². The predicted molar refractivity (Wildman–Crippen MR) is 75.2 cm³/mol. The SMILES string of the molecule is Cc1ncc(C(N)C2CCOC3(CCOCC3)C2)s1. The first kappa shape index (κ1) is 13.5. The second kappa shape index (κ2) is 5.48. The van der Waals surface area contributed by atoms with Crippen molar-refractivity contribution >= 4 is 11.3 Å². The van der Waals surface area contributed by atoms with Gasteiger partial charge in [-0.25, -0.2) is 4.98 Å². The molecule has 0 amide bonds. The molecule has 3 rings (SSSR count). The molecule has 1 aromatic rings. The summed E-state index contributed by atoms with van der Waals surface area (Å²) >= 11 is 1.72. The number of nitrogens with zero attached hydrogens (tertiary/aromatic N) is 1. The van der Waals surface area contributed by atoms with E-state index in [2.05, 4.69) is 4.98 Å². The third-order valence-electron chi connectivity index (χ3n) is 4.41. The van der Waals surface area contributed by atoms with E-state index in [1.54, 1.807) is 11.3 Å². The second-order valence-corrected chi connectivity index (χ2v) is 6.97. The molecule has 2 atom stereocenters. The average molecular weight is 282 g/mol. The number of nitrogens with two attached hydrogens (primary N) is 1. The summed E-state index contributed by atoms with van der Waals surface area (Å²) in [5.41, 5.74) is 6.48. The lowest BCUT2D eigenvalue weighted by atomic mass is 9.78. The highest BCUT2D eigenvalue weighted by Gasteiger charge is 2.41. The maximum Gasteiger partial charge on any atom is 0.0897 e. The standard InChI is InChI=1S/C14H22N2O2S/c1-10-16-9-12(19-10)13(15)11-2-5-18-14(8-11)3-6-17-7-4-14/h9,11,13H,2-8,15H2,1H3. The minimum absolute atomic E-state index is 0.0263. The molecule has 3 heterocycles. The molecule has 0 bridgehead atoms. The third kappa shape index (κ3) is 2.84. The molecule has 2 fully saturated rings. The van der Waals surface area contributed by atoms with E-state index < -0.39 is 0 Å². The molecular weight excluding hydrogens is 260 g/mol. The summed E-state index contributed by atoms with van der Waals surface area (Å²) in [5, 5.41) is 1.10. The first-order valence-corrected chi connectivity index (χ1v) is 7.90. The molecule has 2 N–H and O–H groups in total. The summed E-state index contributed by atoms with van der Waals surface area (Å²) in [4.78, 5) is 5.54. The van der Waals surface area contributed by atoms with Gasteiger partial charge in [0.15, 0.2) is 0 Å². The van der Waals surface area contributed by atoms with Crippen LogP contribution in [0.2, 0.25) is 0 Å². The Labute approximate surface area is 118 Å². The van der Waals surface area contributed by atoms with Gasteiger partial charge in [0, 0.05) is 36.9 Å². The van der Waals surface area contributed by atoms with Gasteiger partial charge in [0.25, 0.3) is 0 Å². The van der Waals surface area contributed by atoms with E-state index in [9.17, 15) is 0 Å². The van der Waals surface area contributed by atoms with Crippen LogP contribution in [-0.2, 0) is 9.47 Å². The highest BCUT2D eigenvalue weighted by atomic mass is 32.1. The molecule has 2 unspecified atom stereocenters. The smallest absolute Gasteiger partial charge is 0.0897 e. The van der Waals surface area contributed by atoms with E-state index >= 15 is 0 Å². The van der Waals surface area contributed by atoms with Gasteiger partial charge < -0.3 is 15.2 Å². The molecule has 5 heteroatoms. The Kier molecular flexibility index (Phi) is 3.89. The van der Waals surface area contributed by atoms with Gasteiger partial charge in [-0.2, -0.15) is 0 Å². The van der Waals surface area contributed by atoms with Gasteiger partial charge in [0.1, 0.15) is 0 Å². The Bertz CT molecular complexity index is 423. The van der Waals surface area contributed by atoms with E-state index in [1.165, 1.54) is 4.88 Å². The van der Waals surface area contributed by atoms with Crippen LogP contribution in [0.4, 0.5) is 0 Å². The summed E-state index contributed by atoms with van der Waals surface area (Å²) in [6.45, 7) is 4.50. The molecule has 2 aliphatic rings. The lowest BCUT2D eigenvalue weighted by Gasteiger charge is -2.44. The van der Waals surface area contributed by atoms with Crippen LogP contribution in [0.15, 0.2) is 6.20 Å². The fraction of sp³-hybridized carbons (Fsp3) is 0.786. The molecule has 2 saturated heterocycles. The van der Waals surface area contributed by atoms with Gasteiger partial charge in [-0.05, 0) is 38.5 Å². The summed E-state index contributed by atoms with van der Waals surface area (Å²) in [6, 6.07) is 0.106. The van der Waals surface area contributed by atoms with E-state index in [0.717, 1.165) is 50.5 Å². The molecule has 1 aromatic heterocycles. The van der Waals surface area contributed by atoms with Gasteiger partial charge in [-0.3, -0.25) is 0 Å². The Balaban J connectivity index is 1.70. The van der Waals surface area contributed by atoms with Crippen LogP contribution in [0.5, 0.6) is 0 Å².